The van der Waals surface area contributed by atoms with Crippen LogP contribution in [-0.4, -0.2) is 23.7 Å². The first-order chi connectivity index (χ1) is 26.0. The average molecular weight is 721 g/mol. The number of unbranched alkanes of at least 4 members (excludes halogenated alkanes) is 14. The van der Waals surface area contributed by atoms with Crippen molar-refractivity contribution in [1.82, 2.24) is 0 Å². The summed E-state index contributed by atoms with van der Waals surface area (Å²) in [4.78, 5) is 25.5. The summed E-state index contributed by atoms with van der Waals surface area (Å²) in [5.74, 6) is 0.0130. The molecule has 0 aliphatic rings. The lowest BCUT2D eigenvalue weighted by Gasteiger charge is -2.12. The van der Waals surface area contributed by atoms with E-state index in [-0.39, 0.29) is 5.75 Å². The normalized spacial score (nSPS) is 11.6. The summed E-state index contributed by atoms with van der Waals surface area (Å²) in [6.45, 7) is 5.13. The van der Waals surface area contributed by atoms with Gasteiger partial charge in [-0.1, -0.05) is 152 Å². The van der Waals surface area contributed by atoms with Crippen LogP contribution in [0.4, 0.5) is 0 Å². The maximum Gasteiger partial charge on any atom is 0.345 e. The summed E-state index contributed by atoms with van der Waals surface area (Å²) < 4.78 is 16.8. The fraction of sp³-hybridized carbons (Fsp3) is 0.447. The molecule has 0 aliphatic heterocycles. The third kappa shape index (κ3) is 15.2. The average Bonchev–Trinajstić information content (AvgIpc) is 3.19. The predicted molar refractivity (Wildman–Crippen MR) is 215 cm³/mol. The number of carbonyl (C=O) groups excluding carboxylic acids is 2. The van der Waals surface area contributed by atoms with Gasteiger partial charge in [0.2, 0.25) is 0 Å². The Kier molecular flexibility index (Phi) is 18.7. The van der Waals surface area contributed by atoms with Crippen molar-refractivity contribution in [3.8, 4) is 28.4 Å². The molecule has 0 aromatic heterocycles. The summed E-state index contributed by atoms with van der Waals surface area (Å²) in [6.07, 6.45) is 20.2. The zero-order valence-corrected chi connectivity index (χ0v) is 32.0. The molecule has 0 heterocycles. The lowest BCUT2D eigenvalue weighted by Crippen LogP contribution is -2.18. The molecule has 0 amide bonds. The quantitative estimate of drug-likeness (QED) is 0.0417. The monoisotopic (exact) mass is 720 g/mol. The third-order valence-electron chi connectivity index (χ3n) is 9.67. The van der Waals surface area contributed by atoms with Crippen molar-refractivity contribution >= 4 is 11.9 Å². The van der Waals surface area contributed by atoms with Crippen LogP contribution in [0.2, 0.25) is 0 Å². The lowest BCUT2D eigenvalue weighted by atomic mass is 10.0. The molecule has 0 saturated heterocycles. The molecule has 0 aliphatic carbocycles. The summed E-state index contributed by atoms with van der Waals surface area (Å²) >= 11 is 0. The summed E-state index contributed by atoms with van der Waals surface area (Å²) in [5.41, 5.74) is 4.25. The topological polar surface area (TPSA) is 82.1 Å². The number of esters is 2. The minimum atomic E-state index is -1.46. The third-order valence-corrected chi connectivity index (χ3v) is 9.67. The summed E-state index contributed by atoms with van der Waals surface area (Å²) in [5, 5.41) is 10.6. The number of benzene rings is 4. The SMILES string of the molecule is CCCCCCCCCCOc1ccc([C@H](O)C(=O)Oc2ccc(C(=O)Oc3ccc(-c4ccc(CCCCCCCCCC)cc4)cc3)cc2)cc1. The number of hydrogen-bond acceptors (Lipinski definition) is 6. The summed E-state index contributed by atoms with van der Waals surface area (Å²) in [7, 11) is 0. The van der Waals surface area contributed by atoms with E-state index in [2.05, 4.69) is 38.1 Å². The Morgan fingerprint density at radius 2 is 0.962 bits per heavy atom. The fourth-order valence-corrected chi connectivity index (χ4v) is 6.35. The maximum atomic E-state index is 12.8. The smallest absolute Gasteiger partial charge is 0.345 e. The van der Waals surface area contributed by atoms with Crippen molar-refractivity contribution in [2.45, 2.75) is 129 Å². The van der Waals surface area contributed by atoms with Crippen molar-refractivity contribution in [1.29, 1.82) is 0 Å². The Labute approximate surface area is 317 Å². The van der Waals surface area contributed by atoms with Gasteiger partial charge in [0.1, 0.15) is 17.2 Å². The van der Waals surface area contributed by atoms with Gasteiger partial charge in [0.25, 0.3) is 0 Å². The van der Waals surface area contributed by atoms with Gasteiger partial charge >= 0.3 is 11.9 Å². The van der Waals surface area contributed by atoms with Crippen LogP contribution in [0.1, 0.15) is 144 Å². The number of rotatable bonds is 25. The Morgan fingerprint density at radius 3 is 1.53 bits per heavy atom. The second-order valence-electron chi connectivity index (χ2n) is 14.1. The van der Waals surface area contributed by atoms with Crippen LogP contribution in [0.25, 0.3) is 11.1 Å². The molecule has 0 saturated carbocycles. The first kappa shape index (κ1) is 41.3. The minimum absolute atomic E-state index is 0.212. The Hall–Kier alpha value is -4.42. The Balaban J connectivity index is 1.15. The molecule has 0 spiro atoms. The van der Waals surface area contributed by atoms with Gasteiger partial charge in [-0.25, -0.2) is 9.59 Å². The van der Waals surface area contributed by atoms with Gasteiger partial charge in [0.15, 0.2) is 6.10 Å². The largest absolute Gasteiger partial charge is 0.494 e. The molecule has 4 rings (SSSR count). The zero-order chi connectivity index (χ0) is 37.5. The molecular weight excluding hydrogens is 661 g/mol. The van der Waals surface area contributed by atoms with E-state index in [0.717, 1.165) is 30.4 Å². The van der Waals surface area contributed by atoms with E-state index in [1.54, 1.807) is 36.4 Å². The predicted octanol–water partition coefficient (Wildman–Crippen LogP) is 12.4. The van der Waals surface area contributed by atoms with Crippen molar-refractivity contribution in [2.75, 3.05) is 6.61 Å². The van der Waals surface area contributed by atoms with Gasteiger partial charge in [0.05, 0.1) is 12.2 Å². The molecule has 284 valence electrons. The molecule has 0 fully saturated rings. The Bertz CT molecular complexity index is 1590. The van der Waals surface area contributed by atoms with Crippen molar-refractivity contribution < 1.29 is 28.9 Å². The highest BCUT2D eigenvalue weighted by Crippen LogP contribution is 2.25. The van der Waals surface area contributed by atoms with Crippen LogP contribution in [-0.2, 0) is 11.2 Å². The first-order valence-corrected chi connectivity index (χ1v) is 20.1. The molecule has 0 bridgehead atoms. The molecule has 1 atom stereocenters. The van der Waals surface area contributed by atoms with Crippen LogP contribution >= 0.6 is 0 Å². The van der Waals surface area contributed by atoms with E-state index in [0.29, 0.717) is 29.2 Å². The van der Waals surface area contributed by atoms with Gasteiger partial charge in [-0.15, -0.1) is 0 Å². The second-order valence-corrected chi connectivity index (χ2v) is 14.1. The maximum absolute atomic E-state index is 12.8. The van der Waals surface area contributed by atoms with Crippen molar-refractivity contribution in [2.24, 2.45) is 0 Å². The number of ether oxygens (including phenoxy) is 3. The van der Waals surface area contributed by atoms with Crippen LogP contribution in [0.15, 0.2) is 97.1 Å². The van der Waals surface area contributed by atoms with E-state index in [1.807, 2.05) is 12.1 Å². The van der Waals surface area contributed by atoms with E-state index in [4.69, 9.17) is 14.2 Å². The molecule has 0 radical (unpaired) electrons. The lowest BCUT2D eigenvalue weighted by molar-refractivity contribution is -0.144. The molecule has 0 unspecified atom stereocenters. The van der Waals surface area contributed by atoms with Crippen molar-refractivity contribution in [3.05, 3.63) is 114 Å². The van der Waals surface area contributed by atoms with Crippen LogP contribution in [0.3, 0.4) is 0 Å². The number of aliphatic hydroxyl groups is 1. The molecular formula is C47H60O6. The highest BCUT2D eigenvalue weighted by Gasteiger charge is 2.20. The molecule has 4 aromatic rings. The van der Waals surface area contributed by atoms with E-state index in [9.17, 15) is 14.7 Å². The number of aryl methyl sites for hydroxylation is 1. The van der Waals surface area contributed by atoms with Gasteiger partial charge in [-0.05, 0) is 90.0 Å². The molecule has 53 heavy (non-hydrogen) atoms. The summed E-state index contributed by atoms with van der Waals surface area (Å²) in [6, 6.07) is 29.1. The Morgan fingerprint density at radius 1 is 0.509 bits per heavy atom. The number of carbonyl (C=O) groups is 2. The van der Waals surface area contributed by atoms with Gasteiger partial charge < -0.3 is 19.3 Å². The van der Waals surface area contributed by atoms with Crippen molar-refractivity contribution in [3.63, 3.8) is 0 Å². The minimum Gasteiger partial charge on any atom is -0.494 e. The van der Waals surface area contributed by atoms with E-state index in [1.165, 1.54) is 120 Å². The number of hydrogen-bond donors (Lipinski definition) is 1. The van der Waals surface area contributed by atoms with Crippen LogP contribution in [0.5, 0.6) is 17.2 Å². The first-order valence-electron chi connectivity index (χ1n) is 20.1. The molecule has 6 nitrogen and oxygen atoms in total. The standard InChI is InChI=1S/C47H60O6/c1-3-5-7-9-11-13-15-17-19-37-20-22-38(23-21-37)39-24-32-43(33-25-39)52-46(49)41-28-34-44(35-29-41)53-47(50)45(48)40-26-30-42(31-27-40)51-36-18-16-14-12-10-8-6-4-2/h20-35,45,48H,3-19,36H2,1-2H3/t45-/m0/s1. The highest BCUT2D eigenvalue weighted by atomic mass is 16.6. The second kappa shape index (κ2) is 24.0. The van der Waals surface area contributed by atoms with Crippen LogP contribution < -0.4 is 14.2 Å². The molecule has 1 N–H and O–H groups in total. The van der Waals surface area contributed by atoms with Gasteiger partial charge in [0, 0.05) is 0 Å². The van der Waals surface area contributed by atoms with Gasteiger partial charge in [-0.3, -0.25) is 0 Å². The van der Waals surface area contributed by atoms with E-state index < -0.39 is 18.0 Å². The molecule has 6 heteroatoms. The highest BCUT2D eigenvalue weighted by molar-refractivity contribution is 5.91. The molecule has 4 aromatic carbocycles. The van der Waals surface area contributed by atoms with Gasteiger partial charge in [-0.2, -0.15) is 0 Å². The number of aliphatic hydroxyl groups excluding tert-OH is 1. The van der Waals surface area contributed by atoms with Crippen LogP contribution in [0, 0.1) is 0 Å². The fourth-order valence-electron chi connectivity index (χ4n) is 6.35. The van der Waals surface area contributed by atoms with E-state index >= 15 is 0 Å². The zero-order valence-electron chi connectivity index (χ0n) is 32.0.